The highest BCUT2D eigenvalue weighted by atomic mass is 16.5. The van der Waals surface area contributed by atoms with Crippen molar-refractivity contribution in [1.82, 2.24) is 5.32 Å². The van der Waals surface area contributed by atoms with Crippen LogP contribution in [-0.2, 0) is 5.41 Å². The Morgan fingerprint density at radius 3 is 2.40 bits per heavy atom. The number of nitrogens with one attached hydrogen (secondary N) is 1. The van der Waals surface area contributed by atoms with E-state index in [2.05, 4.69) is 64.2 Å². The Morgan fingerprint density at radius 1 is 1.05 bits per heavy atom. The molecular weight excluding hydrogens is 246 g/mol. The average Bonchev–Trinajstić information content (AvgIpc) is 2.36. The minimum atomic E-state index is 0.137. The van der Waals surface area contributed by atoms with Crippen molar-refractivity contribution in [2.75, 3.05) is 13.2 Å². The number of benzene rings is 1. The Kier molecular flexibility index (Phi) is 7.08. The van der Waals surface area contributed by atoms with E-state index in [0.717, 1.165) is 25.3 Å². The van der Waals surface area contributed by atoms with E-state index in [4.69, 9.17) is 4.74 Å². The van der Waals surface area contributed by atoms with Crippen LogP contribution >= 0.6 is 0 Å². The summed E-state index contributed by atoms with van der Waals surface area (Å²) < 4.78 is 5.97. The molecule has 0 saturated carbocycles. The van der Waals surface area contributed by atoms with Gasteiger partial charge in [0.2, 0.25) is 0 Å². The van der Waals surface area contributed by atoms with Gasteiger partial charge in [0.25, 0.3) is 0 Å². The molecule has 2 nitrogen and oxygen atoms in total. The number of rotatable bonds is 8. The van der Waals surface area contributed by atoms with E-state index in [0.29, 0.717) is 6.04 Å². The molecule has 114 valence electrons. The highest BCUT2D eigenvalue weighted by molar-refractivity contribution is 5.38. The van der Waals surface area contributed by atoms with Crippen molar-refractivity contribution in [3.63, 3.8) is 0 Å². The van der Waals surface area contributed by atoms with Crippen molar-refractivity contribution in [1.29, 1.82) is 0 Å². The normalized spacial score (nSPS) is 11.9. The zero-order chi connectivity index (χ0) is 15.0. The fourth-order valence-electron chi connectivity index (χ4n) is 2.19. The molecule has 2 heteroatoms. The summed E-state index contributed by atoms with van der Waals surface area (Å²) >= 11 is 0. The number of unbranched alkanes of at least 4 members (excludes halogenated alkanes) is 2. The minimum Gasteiger partial charge on any atom is -0.493 e. The van der Waals surface area contributed by atoms with Crippen molar-refractivity contribution in [2.45, 2.75) is 65.3 Å². The average molecular weight is 277 g/mol. The quantitative estimate of drug-likeness (QED) is 0.705. The first-order chi connectivity index (χ1) is 9.41. The van der Waals surface area contributed by atoms with Crippen LogP contribution in [0.5, 0.6) is 5.75 Å². The molecule has 0 spiro atoms. The molecule has 1 rings (SSSR count). The van der Waals surface area contributed by atoms with Gasteiger partial charge >= 0.3 is 0 Å². The summed E-state index contributed by atoms with van der Waals surface area (Å²) in [6.07, 6.45) is 3.57. The van der Waals surface area contributed by atoms with Gasteiger partial charge < -0.3 is 10.1 Å². The smallest absolute Gasteiger partial charge is 0.123 e. The third-order valence-electron chi connectivity index (χ3n) is 3.33. The van der Waals surface area contributed by atoms with Gasteiger partial charge in [-0.3, -0.25) is 0 Å². The second kappa shape index (κ2) is 8.31. The lowest BCUT2D eigenvalue weighted by Crippen LogP contribution is -2.23. The first-order valence-corrected chi connectivity index (χ1v) is 7.87. The minimum absolute atomic E-state index is 0.137. The zero-order valence-corrected chi connectivity index (χ0v) is 13.8. The van der Waals surface area contributed by atoms with Gasteiger partial charge in [-0.25, -0.2) is 0 Å². The van der Waals surface area contributed by atoms with E-state index < -0.39 is 0 Å². The van der Waals surface area contributed by atoms with E-state index in [9.17, 15) is 0 Å². The van der Waals surface area contributed by atoms with Crippen LogP contribution in [0, 0.1) is 0 Å². The van der Waals surface area contributed by atoms with Gasteiger partial charge in [-0.2, -0.15) is 0 Å². The molecule has 0 aliphatic heterocycles. The lowest BCUT2D eigenvalue weighted by molar-refractivity contribution is 0.297. The van der Waals surface area contributed by atoms with Crippen LogP contribution in [0.2, 0.25) is 0 Å². The molecule has 20 heavy (non-hydrogen) atoms. The molecule has 0 aliphatic rings. The van der Waals surface area contributed by atoms with E-state index in [-0.39, 0.29) is 5.41 Å². The Morgan fingerprint density at radius 2 is 1.75 bits per heavy atom. The first-order valence-electron chi connectivity index (χ1n) is 7.87. The molecule has 0 heterocycles. The Labute approximate surface area is 124 Å². The van der Waals surface area contributed by atoms with Crippen LogP contribution in [0.3, 0.4) is 0 Å². The molecular formula is C18H31NO. The molecule has 0 amide bonds. The van der Waals surface area contributed by atoms with Gasteiger partial charge in [-0.15, -0.1) is 0 Å². The zero-order valence-electron chi connectivity index (χ0n) is 13.8. The van der Waals surface area contributed by atoms with Gasteiger partial charge in [0.05, 0.1) is 6.61 Å². The number of para-hydroxylation sites is 1. The van der Waals surface area contributed by atoms with Gasteiger partial charge in [0, 0.05) is 6.04 Å². The Bertz CT molecular complexity index is 379. The molecule has 1 aromatic rings. The maximum absolute atomic E-state index is 5.97. The second-order valence-electron chi connectivity index (χ2n) is 6.76. The molecule has 0 saturated heterocycles. The van der Waals surface area contributed by atoms with E-state index >= 15 is 0 Å². The van der Waals surface area contributed by atoms with Gasteiger partial charge in [0.15, 0.2) is 0 Å². The maximum atomic E-state index is 5.97. The van der Waals surface area contributed by atoms with E-state index in [1.807, 2.05) is 0 Å². The molecule has 0 radical (unpaired) electrons. The fraction of sp³-hybridized carbons (Fsp3) is 0.667. The van der Waals surface area contributed by atoms with Gasteiger partial charge in [0.1, 0.15) is 5.75 Å². The lowest BCUT2D eigenvalue weighted by Gasteiger charge is -2.22. The largest absolute Gasteiger partial charge is 0.493 e. The third-order valence-corrected chi connectivity index (χ3v) is 3.33. The molecule has 0 unspecified atom stereocenters. The predicted molar refractivity (Wildman–Crippen MR) is 87.6 cm³/mol. The standard InChI is InChI=1S/C18H31NO/c1-15(2)19-13-9-6-10-14-20-17-12-8-7-11-16(17)18(3,4)5/h7-8,11-12,15,19H,6,9-10,13-14H2,1-5H3. The second-order valence-corrected chi connectivity index (χ2v) is 6.76. The van der Waals surface area contributed by atoms with Crippen LogP contribution in [0.25, 0.3) is 0 Å². The van der Waals surface area contributed by atoms with Crippen molar-refractivity contribution in [3.05, 3.63) is 29.8 Å². The summed E-state index contributed by atoms with van der Waals surface area (Å²) in [4.78, 5) is 0. The van der Waals surface area contributed by atoms with Crippen LogP contribution < -0.4 is 10.1 Å². The molecule has 0 aliphatic carbocycles. The summed E-state index contributed by atoms with van der Waals surface area (Å²) in [6, 6.07) is 8.98. The van der Waals surface area contributed by atoms with Crippen molar-refractivity contribution in [3.8, 4) is 5.75 Å². The third kappa shape index (κ3) is 6.42. The number of hydrogen-bond donors (Lipinski definition) is 1. The molecule has 0 fully saturated rings. The summed E-state index contributed by atoms with van der Waals surface area (Å²) in [5.41, 5.74) is 1.43. The SMILES string of the molecule is CC(C)NCCCCCOc1ccccc1C(C)(C)C. The number of ether oxygens (including phenoxy) is 1. The molecule has 0 atom stereocenters. The monoisotopic (exact) mass is 277 g/mol. The fourth-order valence-corrected chi connectivity index (χ4v) is 2.19. The lowest BCUT2D eigenvalue weighted by atomic mass is 9.86. The van der Waals surface area contributed by atoms with Crippen LogP contribution in [-0.4, -0.2) is 19.2 Å². The van der Waals surface area contributed by atoms with Crippen LogP contribution in [0.1, 0.15) is 59.4 Å². The summed E-state index contributed by atoms with van der Waals surface area (Å²) in [6.45, 7) is 13.0. The van der Waals surface area contributed by atoms with Crippen LogP contribution in [0.15, 0.2) is 24.3 Å². The molecule has 1 N–H and O–H groups in total. The van der Waals surface area contributed by atoms with E-state index in [1.165, 1.54) is 18.4 Å². The summed E-state index contributed by atoms with van der Waals surface area (Å²) in [5.74, 6) is 1.04. The van der Waals surface area contributed by atoms with E-state index in [1.54, 1.807) is 0 Å². The van der Waals surface area contributed by atoms with Crippen molar-refractivity contribution >= 4 is 0 Å². The van der Waals surface area contributed by atoms with Crippen LogP contribution in [0.4, 0.5) is 0 Å². The first kappa shape index (κ1) is 17.0. The highest BCUT2D eigenvalue weighted by Gasteiger charge is 2.18. The maximum Gasteiger partial charge on any atom is 0.123 e. The molecule has 1 aromatic carbocycles. The topological polar surface area (TPSA) is 21.3 Å². The highest BCUT2D eigenvalue weighted by Crippen LogP contribution is 2.30. The Balaban J connectivity index is 2.29. The molecule has 0 aromatic heterocycles. The summed E-state index contributed by atoms with van der Waals surface area (Å²) in [5, 5.41) is 3.44. The van der Waals surface area contributed by atoms with Crippen molar-refractivity contribution in [2.24, 2.45) is 0 Å². The predicted octanol–water partition coefficient (Wildman–Crippen LogP) is 4.53. The number of hydrogen-bond acceptors (Lipinski definition) is 2. The van der Waals surface area contributed by atoms with Crippen molar-refractivity contribution < 1.29 is 4.74 Å². The summed E-state index contributed by atoms with van der Waals surface area (Å²) in [7, 11) is 0. The van der Waals surface area contributed by atoms with Gasteiger partial charge in [-0.1, -0.05) is 52.8 Å². The van der Waals surface area contributed by atoms with Gasteiger partial charge in [-0.05, 0) is 42.9 Å². The Hall–Kier alpha value is -1.02. The molecule has 0 bridgehead atoms.